The molecule has 0 aromatic carbocycles. The minimum Gasteiger partial charge on any atom is -0.378 e. The van der Waals surface area contributed by atoms with Crippen molar-refractivity contribution < 1.29 is 4.74 Å². The van der Waals surface area contributed by atoms with Crippen molar-refractivity contribution in [3.05, 3.63) is 0 Å². The van der Waals surface area contributed by atoms with Crippen molar-refractivity contribution in [3.63, 3.8) is 0 Å². The number of fused-ring (bicyclic) bond motifs is 1. The fourth-order valence-electron chi connectivity index (χ4n) is 2.68. The van der Waals surface area contributed by atoms with E-state index >= 15 is 0 Å². The summed E-state index contributed by atoms with van der Waals surface area (Å²) in [6, 6.07) is 0.434. The van der Waals surface area contributed by atoms with Crippen LogP contribution in [-0.4, -0.2) is 18.8 Å². The molecule has 1 aliphatic heterocycles. The second-order valence-electron chi connectivity index (χ2n) is 4.43. The summed E-state index contributed by atoms with van der Waals surface area (Å²) in [4.78, 5) is 0. The highest BCUT2D eigenvalue weighted by molar-refractivity contribution is 4.87. The molecule has 70 valence electrons. The quantitative estimate of drug-likeness (QED) is 0.597. The van der Waals surface area contributed by atoms with Gasteiger partial charge in [-0.15, -0.1) is 0 Å². The molecule has 2 N–H and O–H groups in total. The second-order valence-corrected chi connectivity index (χ2v) is 4.43. The molecular formula is C10H19NO. The van der Waals surface area contributed by atoms with Gasteiger partial charge in [0.2, 0.25) is 0 Å². The second kappa shape index (κ2) is 3.35. The molecule has 2 heteroatoms. The number of rotatable bonds is 0. The van der Waals surface area contributed by atoms with E-state index in [-0.39, 0.29) is 0 Å². The standard InChI is InChI=1S/C10H19NO/c1-7-2-3-9(11)6-8-4-5-12-10(7)8/h7-10H,2-6,11H2,1H3. The van der Waals surface area contributed by atoms with E-state index in [9.17, 15) is 0 Å². The normalized spacial score (nSPS) is 48.5. The van der Waals surface area contributed by atoms with Crippen molar-refractivity contribution in [2.45, 2.75) is 44.8 Å². The monoisotopic (exact) mass is 169 g/mol. The van der Waals surface area contributed by atoms with Crippen LogP contribution in [0.15, 0.2) is 0 Å². The van der Waals surface area contributed by atoms with E-state index in [1.807, 2.05) is 0 Å². The van der Waals surface area contributed by atoms with Crippen LogP contribution >= 0.6 is 0 Å². The van der Waals surface area contributed by atoms with E-state index in [0.29, 0.717) is 12.1 Å². The summed E-state index contributed by atoms with van der Waals surface area (Å²) >= 11 is 0. The Hall–Kier alpha value is -0.0800. The van der Waals surface area contributed by atoms with Crippen LogP contribution < -0.4 is 5.73 Å². The van der Waals surface area contributed by atoms with Crippen molar-refractivity contribution in [3.8, 4) is 0 Å². The lowest BCUT2D eigenvalue weighted by molar-refractivity contribution is 0.0493. The third-order valence-electron chi connectivity index (χ3n) is 3.42. The number of nitrogens with two attached hydrogens (primary N) is 1. The van der Waals surface area contributed by atoms with Gasteiger partial charge in [-0.1, -0.05) is 6.92 Å². The molecule has 0 bridgehead atoms. The highest BCUT2D eigenvalue weighted by Gasteiger charge is 2.35. The molecule has 2 nitrogen and oxygen atoms in total. The van der Waals surface area contributed by atoms with E-state index in [1.54, 1.807) is 0 Å². The Balaban J connectivity index is 2.05. The summed E-state index contributed by atoms with van der Waals surface area (Å²) in [5, 5.41) is 0. The maximum atomic E-state index is 6.00. The Morgan fingerprint density at radius 1 is 1.25 bits per heavy atom. The lowest BCUT2D eigenvalue weighted by Crippen LogP contribution is -2.25. The van der Waals surface area contributed by atoms with E-state index in [4.69, 9.17) is 10.5 Å². The maximum Gasteiger partial charge on any atom is 0.0630 e. The van der Waals surface area contributed by atoms with Gasteiger partial charge in [-0.05, 0) is 37.5 Å². The predicted octanol–water partition coefficient (Wildman–Crippen LogP) is 1.54. The van der Waals surface area contributed by atoms with Crippen LogP contribution in [0.25, 0.3) is 0 Å². The summed E-state index contributed by atoms with van der Waals surface area (Å²) in [6.07, 6.45) is 5.40. The minimum absolute atomic E-state index is 0.434. The summed E-state index contributed by atoms with van der Waals surface area (Å²) in [5.74, 6) is 1.49. The zero-order chi connectivity index (χ0) is 8.55. The van der Waals surface area contributed by atoms with Gasteiger partial charge in [0, 0.05) is 12.6 Å². The van der Waals surface area contributed by atoms with Gasteiger partial charge >= 0.3 is 0 Å². The Morgan fingerprint density at radius 2 is 2.08 bits per heavy atom. The first-order chi connectivity index (χ1) is 5.77. The van der Waals surface area contributed by atoms with E-state index in [2.05, 4.69) is 6.92 Å². The van der Waals surface area contributed by atoms with Gasteiger partial charge in [-0.2, -0.15) is 0 Å². The summed E-state index contributed by atoms with van der Waals surface area (Å²) in [5.41, 5.74) is 6.00. The Kier molecular flexibility index (Phi) is 2.37. The van der Waals surface area contributed by atoms with Crippen LogP contribution in [0.3, 0.4) is 0 Å². The van der Waals surface area contributed by atoms with Crippen molar-refractivity contribution in [2.24, 2.45) is 17.6 Å². The largest absolute Gasteiger partial charge is 0.378 e. The number of hydrogen-bond acceptors (Lipinski definition) is 2. The van der Waals surface area contributed by atoms with Gasteiger partial charge in [0.1, 0.15) is 0 Å². The summed E-state index contributed by atoms with van der Waals surface area (Å²) in [6.45, 7) is 3.27. The first kappa shape index (κ1) is 8.52. The van der Waals surface area contributed by atoms with E-state index in [0.717, 1.165) is 18.4 Å². The topological polar surface area (TPSA) is 35.2 Å². The van der Waals surface area contributed by atoms with Gasteiger partial charge in [-0.25, -0.2) is 0 Å². The molecule has 2 aliphatic rings. The maximum absolute atomic E-state index is 6.00. The smallest absolute Gasteiger partial charge is 0.0630 e. The zero-order valence-corrected chi connectivity index (χ0v) is 7.83. The molecule has 1 saturated heterocycles. The third-order valence-corrected chi connectivity index (χ3v) is 3.42. The molecule has 0 spiro atoms. The first-order valence-corrected chi connectivity index (χ1v) is 5.14. The lowest BCUT2D eigenvalue weighted by Gasteiger charge is -2.20. The number of ether oxygens (including phenoxy) is 1. The lowest BCUT2D eigenvalue weighted by atomic mass is 9.90. The molecule has 4 atom stereocenters. The van der Waals surface area contributed by atoms with Crippen LogP contribution in [0.1, 0.15) is 32.6 Å². The van der Waals surface area contributed by atoms with E-state index in [1.165, 1.54) is 25.7 Å². The van der Waals surface area contributed by atoms with Crippen molar-refractivity contribution in [1.82, 2.24) is 0 Å². The van der Waals surface area contributed by atoms with Crippen LogP contribution in [-0.2, 0) is 4.74 Å². The Morgan fingerprint density at radius 3 is 2.92 bits per heavy atom. The van der Waals surface area contributed by atoms with Gasteiger partial charge < -0.3 is 10.5 Å². The molecule has 0 aromatic heterocycles. The molecule has 0 amide bonds. The predicted molar refractivity (Wildman–Crippen MR) is 48.8 cm³/mol. The van der Waals surface area contributed by atoms with Gasteiger partial charge in [0.15, 0.2) is 0 Å². The van der Waals surface area contributed by atoms with Gasteiger partial charge in [0.05, 0.1) is 6.10 Å². The molecule has 12 heavy (non-hydrogen) atoms. The van der Waals surface area contributed by atoms with E-state index < -0.39 is 0 Å². The molecular weight excluding hydrogens is 150 g/mol. The zero-order valence-electron chi connectivity index (χ0n) is 7.83. The highest BCUT2D eigenvalue weighted by atomic mass is 16.5. The average Bonchev–Trinajstić information content (AvgIpc) is 2.44. The molecule has 2 rings (SSSR count). The summed E-state index contributed by atoms with van der Waals surface area (Å²) < 4.78 is 5.74. The SMILES string of the molecule is CC1CCC(N)CC2CCOC12. The van der Waals surface area contributed by atoms with Crippen LogP contribution in [0.2, 0.25) is 0 Å². The minimum atomic E-state index is 0.434. The highest BCUT2D eigenvalue weighted by Crippen LogP contribution is 2.35. The third kappa shape index (κ3) is 1.50. The Bertz CT molecular complexity index is 160. The fourth-order valence-corrected chi connectivity index (χ4v) is 2.68. The van der Waals surface area contributed by atoms with Gasteiger partial charge in [-0.3, -0.25) is 0 Å². The molecule has 4 unspecified atom stereocenters. The van der Waals surface area contributed by atoms with Crippen LogP contribution in [0.5, 0.6) is 0 Å². The first-order valence-electron chi connectivity index (χ1n) is 5.14. The molecule has 1 saturated carbocycles. The van der Waals surface area contributed by atoms with Crippen molar-refractivity contribution >= 4 is 0 Å². The average molecular weight is 169 g/mol. The molecule has 1 heterocycles. The van der Waals surface area contributed by atoms with Crippen molar-refractivity contribution in [2.75, 3.05) is 6.61 Å². The van der Waals surface area contributed by atoms with Crippen molar-refractivity contribution in [1.29, 1.82) is 0 Å². The Labute approximate surface area is 74.5 Å². The fraction of sp³-hybridized carbons (Fsp3) is 1.00. The number of hydrogen-bond donors (Lipinski definition) is 1. The molecule has 1 aliphatic carbocycles. The van der Waals surface area contributed by atoms with Crippen LogP contribution in [0.4, 0.5) is 0 Å². The summed E-state index contributed by atoms with van der Waals surface area (Å²) in [7, 11) is 0. The molecule has 0 aromatic rings. The molecule has 0 radical (unpaired) electrons. The van der Waals surface area contributed by atoms with Gasteiger partial charge in [0.25, 0.3) is 0 Å². The molecule has 2 fully saturated rings. The van der Waals surface area contributed by atoms with Crippen LogP contribution in [0, 0.1) is 11.8 Å².